The molecule has 1 spiro atoms. The first-order valence-electron chi connectivity index (χ1n) is 7.66. The first-order chi connectivity index (χ1) is 10.7. The molecule has 0 saturated carbocycles. The van der Waals surface area contributed by atoms with Gasteiger partial charge in [-0.1, -0.05) is 24.3 Å². The maximum atomic E-state index is 12.7. The largest absolute Gasteiger partial charge is 0.479 e. The molecule has 2 unspecified atom stereocenters. The number of fused-ring (bicyclic) bond motifs is 2. The quantitative estimate of drug-likeness (QED) is 0.860. The van der Waals surface area contributed by atoms with Crippen molar-refractivity contribution >= 4 is 12.1 Å². The Balaban J connectivity index is 1.97. The molecule has 0 aliphatic carbocycles. The number of hydrogen-bond acceptors (Lipinski definition) is 4. The van der Waals surface area contributed by atoms with Crippen LogP contribution in [-0.2, 0) is 26.4 Å². The van der Waals surface area contributed by atoms with E-state index >= 15 is 0 Å². The minimum absolute atomic E-state index is 0.167. The molecule has 0 radical (unpaired) electrons. The molecular weight excluding hydrogens is 298 g/mol. The monoisotopic (exact) mass is 319 g/mol. The smallest absolute Gasteiger partial charge is 0.411 e. The van der Waals surface area contributed by atoms with Gasteiger partial charge < -0.3 is 14.6 Å². The van der Waals surface area contributed by atoms with Gasteiger partial charge in [-0.25, -0.2) is 9.59 Å². The number of benzene rings is 1. The van der Waals surface area contributed by atoms with E-state index in [0.29, 0.717) is 6.54 Å². The van der Waals surface area contributed by atoms with Crippen molar-refractivity contribution in [2.45, 2.75) is 51.0 Å². The molecule has 2 aliphatic heterocycles. The summed E-state index contributed by atoms with van der Waals surface area (Å²) in [6.07, 6.45) is -1.12. The molecule has 1 aromatic rings. The van der Waals surface area contributed by atoms with Crippen molar-refractivity contribution in [1.29, 1.82) is 0 Å². The Morgan fingerprint density at radius 3 is 2.65 bits per heavy atom. The number of carbonyl (C=O) groups is 2. The molecule has 2 heterocycles. The fourth-order valence-electron chi connectivity index (χ4n) is 3.33. The van der Waals surface area contributed by atoms with Crippen LogP contribution in [0.2, 0.25) is 0 Å². The maximum Gasteiger partial charge on any atom is 0.411 e. The number of carbonyl (C=O) groups excluding carboxylic acids is 1. The normalized spacial score (nSPS) is 26.4. The van der Waals surface area contributed by atoms with Crippen molar-refractivity contribution < 1.29 is 24.2 Å². The van der Waals surface area contributed by atoms with Crippen molar-refractivity contribution in [2.24, 2.45) is 0 Å². The molecule has 3 rings (SSSR count). The number of nitrogens with zero attached hydrogens (tertiary/aromatic N) is 1. The zero-order valence-electron chi connectivity index (χ0n) is 13.5. The van der Waals surface area contributed by atoms with Crippen LogP contribution in [0.1, 0.15) is 38.3 Å². The third kappa shape index (κ3) is 2.67. The van der Waals surface area contributed by atoms with Crippen LogP contribution in [0, 0.1) is 0 Å². The van der Waals surface area contributed by atoms with Crippen LogP contribution >= 0.6 is 0 Å². The average Bonchev–Trinajstić information content (AvgIpc) is 3.02. The molecule has 2 aliphatic rings. The molecule has 0 bridgehead atoms. The highest BCUT2D eigenvalue weighted by molar-refractivity contribution is 5.75. The molecule has 0 aromatic heterocycles. The summed E-state index contributed by atoms with van der Waals surface area (Å²) in [5.74, 6) is -1.00. The lowest BCUT2D eigenvalue weighted by molar-refractivity contribution is -0.147. The maximum absolute atomic E-state index is 12.7. The first kappa shape index (κ1) is 15.8. The zero-order chi connectivity index (χ0) is 16.8. The second-order valence-corrected chi connectivity index (χ2v) is 7.10. The van der Waals surface area contributed by atoms with Gasteiger partial charge in [0.15, 0.2) is 6.10 Å². The van der Waals surface area contributed by atoms with Gasteiger partial charge in [-0.05, 0) is 31.9 Å². The van der Waals surface area contributed by atoms with Gasteiger partial charge in [0.1, 0.15) is 5.60 Å². The van der Waals surface area contributed by atoms with E-state index in [1.807, 2.05) is 45.0 Å². The average molecular weight is 319 g/mol. The van der Waals surface area contributed by atoms with Crippen LogP contribution in [-0.4, -0.2) is 40.4 Å². The van der Waals surface area contributed by atoms with Gasteiger partial charge in [-0.15, -0.1) is 0 Å². The second-order valence-electron chi connectivity index (χ2n) is 7.10. The van der Waals surface area contributed by atoms with E-state index in [0.717, 1.165) is 11.1 Å². The van der Waals surface area contributed by atoms with E-state index < -0.39 is 29.3 Å². The van der Waals surface area contributed by atoms with Gasteiger partial charge in [-0.2, -0.15) is 0 Å². The van der Waals surface area contributed by atoms with Crippen molar-refractivity contribution in [3.8, 4) is 0 Å². The van der Waals surface area contributed by atoms with Gasteiger partial charge in [0.05, 0.1) is 18.7 Å². The Morgan fingerprint density at radius 2 is 2.04 bits per heavy atom. The van der Waals surface area contributed by atoms with Gasteiger partial charge in [-0.3, -0.25) is 4.90 Å². The first-order valence-corrected chi connectivity index (χ1v) is 7.66. The lowest BCUT2D eigenvalue weighted by Gasteiger charge is -2.35. The van der Waals surface area contributed by atoms with Gasteiger partial charge >= 0.3 is 12.1 Å². The molecule has 23 heavy (non-hydrogen) atoms. The van der Waals surface area contributed by atoms with E-state index in [2.05, 4.69) is 0 Å². The Hall–Kier alpha value is -2.08. The summed E-state index contributed by atoms with van der Waals surface area (Å²) in [6.45, 7) is 6.00. The summed E-state index contributed by atoms with van der Waals surface area (Å²) in [7, 11) is 0. The highest BCUT2D eigenvalue weighted by atomic mass is 16.6. The number of carboxylic acid groups (broad SMARTS) is 1. The minimum Gasteiger partial charge on any atom is -0.479 e. The van der Waals surface area contributed by atoms with Gasteiger partial charge in [0.25, 0.3) is 0 Å². The van der Waals surface area contributed by atoms with Crippen molar-refractivity contribution in [3.63, 3.8) is 0 Å². The summed E-state index contributed by atoms with van der Waals surface area (Å²) < 4.78 is 11.0. The Bertz CT molecular complexity index is 651. The molecule has 2 atom stereocenters. The predicted molar refractivity (Wildman–Crippen MR) is 81.9 cm³/mol. The number of aliphatic carboxylic acids is 1. The lowest BCUT2D eigenvalue weighted by atomic mass is 9.87. The molecule has 1 amide bonds. The van der Waals surface area contributed by atoms with Crippen LogP contribution in [0.25, 0.3) is 0 Å². The molecule has 1 saturated heterocycles. The fraction of sp³-hybridized carbons (Fsp3) is 0.529. The Kier molecular flexibility index (Phi) is 3.59. The van der Waals surface area contributed by atoms with Crippen LogP contribution in [0.5, 0.6) is 0 Å². The summed E-state index contributed by atoms with van der Waals surface area (Å²) in [5.41, 5.74) is 0.586. The molecular formula is C17H21NO5. The summed E-state index contributed by atoms with van der Waals surface area (Å²) >= 11 is 0. The third-order valence-corrected chi connectivity index (χ3v) is 4.30. The highest BCUT2D eigenvalue weighted by Crippen LogP contribution is 2.47. The summed E-state index contributed by atoms with van der Waals surface area (Å²) in [5, 5.41) is 9.26. The topological polar surface area (TPSA) is 76.1 Å². The molecule has 1 fully saturated rings. The number of amides is 1. The third-order valence-electron chi connectivity index (χ3n) is 4.30. The van der Waals surface area contributed by atoms with E-state index in [1.165, 1.54) is 0 Å². The van der Waals surface area contributed by atoms with E-state index in [1.54, 1.807) is 4.90 Å². The summed E-state index contributed by atoms with van der Waals surface area (Å²) in [6, 6.07) is 7.70. The van der Waals surface area contributed by atoms with Gasteiger partial charge in [0.2, 0.25) is 0 Å². The summed E-state index contributed by atoms with van der Waals surface area (Å²) in [4.78, 5) is 25.6. The lowest BCUT2D eigenvalue weighted by Crippen LogP contribution is -2.47. The van der Waals surface area contributed by atoms with Gasteiger partial charge in [0, 0.05) is 6.42 Å². The highest BCUT2D eigenvalue weighted by Gasteiger charge is 2.55. The molecule has 6 nitrogen and oxygen atoms in total. The van der Waals surface area contributed by atoms with Crippen LogP contribution in [0.3, 0.4) is 0 Å². The number of hydrogen-bond donors (Lipinski definition) is 1. The standard InChI is InChI=1S/C17H21NO5/c1-16(2,3)23-15(21)18-9-11-6-4-5-7-12(11)17(18)8-13(14(19)20)22-10-17/h4-7,13H,8-10H2,1-3H3,(H,19,20). The number of rotatable bonds is 1. The van der Waals surface area contributed by atoms with E-state index in [9.17, 15) is 14.7 Å². The van der Waals surface area contributed by atoms with Crippen molar-refractivity contribution in [3.05, 3.63) is 35.4 Å². The predicted octanol–water partition coefficient (Wildman–Crippen LogP) is 2.51. The van der Waals surface area contributed by atoms with Crippen LogP contribution in [0.15, 0.2) is 24.3 Å². The Morgan fingerprint density at radius 1 is 1.35 bits per heavy atom. The molecule has 1 aromatic carbocycles. The zero-order valence-corrected chi connectivity index (χ0v) is 13.5. The number of carboxylic acids is 1. The van der Waals surface area contributed by atoms with E-state index in [-0.39, 0.29) is 13.0 Å². The number of ether oxygens (including phenoxy) is 2. The fourth-order valence-corrected chi connectivity index (χ4v) is 3.33. The SMILES string of the molecule is CC(C)(C)OC(=O)N1Cc2ccccc2C12COC(C(=O)O)C2. The molecule has 1 N–H and O–H groups in total. The minimum atomic E-state index is -1.00. The Labute approximate surface area is 135 Å². The van der Waals surface area contributed by atoms with E-state index in [4.69, 9.17) is 9.47 Å². The van der Waals surface area contributed by atoms with Crippen LogP contribution in [0.4, 0.5) is 4.79 Å². The van der Waals surface area contributed by atoms with Crippen LogP contribution < -0.4 is 0 Å². The second kappa shape index (κ2) is 5.23. The van der Waals surface area contributed by atoms with Crippen molar-refractivity contribution in [1.82, 2.24) is 4.90 Å². The molecule has 6 heteroatoms. The molecule has 124 valence electrons. The van der Waals surface area contributed by atoms with Crippen molar-refractivity contribution in [2.75, 3.05) is 6.61 Å².